The Hall–Kier alpha value is -3.23. The van der Waals surface area contributed by atoms with Crippen molar-refractivity contribution in [3.05, 3.63) is 86.8 Å². The van der Waals surface area contributed by atoms with Gasteiger partial charge in [0.2, 0.25) is 5.91 Å². The highest BCUT2D eigenvalue weighted by Gasteiger charge is 2.59. The Morgan fingerprint density at radius 3 is 2.36 bits per heavy atom. The molecule has 4 unspecified atom stereocenters. The van der Waals surface area contributed by atoms with E-state index >= 15 is 0 Å². The molecule has 36 heavy (non-hydrogen) atoms. The van der Waals surface area contributed by atoms with Crippen molar-refractivity contribution in [2.45, 2.75) is 30.8 Å². The number of carbonyl (C=O) groups is 3. The molecule has 0 spiro atoms. The molecule has 186 valence electrons. The Morgan fingerprint density at radius 1 is 1.06 bits per heavy atom. The van der Waals surface area contributed by atoms with E-state index in [4.69, 9.17) is 16.3 Å². The molecule has 1 amide bonds. The number of aliphatic carboxylic acids is 1. The summed E-state index contributed by atoms with van der Waals surface area (Å²) in [4.78, 5) is 42.3. The van der Waals surface area contributed by atoms with Crippen LogP contribution in [-0.4, -0.2) is 40.8 Å². The Labute approximate surface area is 216 Å². The van der Waals surface area contributed by atoms with Crippen molar-refractivity contribution in [2.75, 3.05) is 7.11 Å². The Bertz CT molecular complexity index is 1320. The highest BCUT2D eigenvalue weighted by atomic mass is 35.5. The molecule has 1 aliphatic heterocycles. The van der Waals surface area contributed by atoms with Crippen molar-refractivity contribution in [3.63, 3.8) is 0 Å². The highest BCUT2D eigenvalue weighted by molar-refractivity contribution is 7.18. The van der Waals surface area contributed by atoms with Crippen molar-refractivity contribution in [1.82, 2.24) is 4.90 Å². The fourth-order valence-corrected chi connectivity index (χ4v) is 6.21. The quantitative estimate of drug-likeness (QED) is 0.406. The van der Waals surface area contributed by atoms with Crippen molar-refractivity contribution >= 4 is 40.6 Å². The summed E-state index contributed by atoms with van der Waals surface area (Å²) in [6.45, 7) is 0. The molecule has 1 aliphatic carbocycles. The van der Waals surface area contributed by atoms with Gasteiger partial charge in [-0.3, -0.25) is 9.59 Å². The zero-order chi connectivity index (χ0) is 25.6. The number of amides is 1. The maximum Gasteiger partial charge on any atom is 0.327 e. The van der Waals surface area contributed by atoms with Gasteiger partial charge in [-0.15, -0.1) is 11.3 Å². The van der Waals surface area contributed by atoms with E-state index in [1.807, 2.05) is 0 Å². The lowest BCUT2D eigenvalue weighted by molar-refractivity contribution is -0.150. The van der Waals surface area contributed by atoms with Crippen molar-refractivity contribution < 1.29 is 28.6 Å². The lowest BCUT2D eigenvalue weighted by atomic mass is 9.77. The lowest BCUT2D eigenvalue weighted by Gasteiger charge is -2.30. The van der Waals surface area contributed by atoms with Crippen molar-refractivity contribution in [1.29, 1.82) is 0 Å². The normalized spacial score (nSPS) is 23.5. The lowest BCUT2D eigenvalue weighted by Crippen LogP contribution is -2.44. The van der Waals surface area contributed by atoms with E-state index in [2.05, 4.69) is 0 Å². The van der Waals surface area contributed by atoms with Gasteiger partial charge in [-0.1, -0.05) is 35.9 Å². The molecule has 2 aliphatic rings. The number of rotatable bonds is 7. The van der Waals surface area contributed by atoms with Crippen LogP contribution >= 0.6 is 22.9 Å². The number of thiophene rings is 1. The van der Waals surface area contributed by atoms with E-state index < -0.39 is 35.7 Å². The fourth-order valence-electron chi connectivity index (χ4n) is 5.18. The number of ether oxygens (including phenoxy) is 1. The Kier molecular flexibility index (Phi) is 6.57. The molecule has 1 aromatic heterocycles. The van der Waals surface area contributed by atoms with Gasteiger partial charge in [-0.05, 0) is 60.4 Å². The van der Waals surface area contributed by atoms with Gasteiger partial charge in [-0.2, -0.15) is 0 Å². The number of likely N-dealkylation sites (tertiary alicyclic amines) is 1. The van der Waals surface area contributed by atoms with Gasteiger partial charge >= 0.3 is 5.97 Å². The van der Waals surface area contributed by atoms with E-state index in [9.17, 15) is 23.9 Å². The Balaban J connectivity index is 1.75. The molecule has 2 heterocycles. The van der Waals surface area contributed by atoms with Gasteiger partial charge in [0.05, 0.1) is 28.3 Å². The van der Waals surface area contributed by atoms with Crippen LogP contribution in [0.3, 0.4) is 0 Å². The largest absolute Gasteiger partial charge is 0.497 e. The van der Waals surface area contributed by atoms with Crippen molar-refractivity contribution in [2.24, 2.45) is 11.8 Å². The molecule has 1 N–H and O–H groups in total. The van der Waals surface area contributed by atoms with Crippen LogP contribution in [0.1, 0.15) is 45.6 Å². The first-order valence-electron chi connectivity index (χ1n) is 11.5. The second-order valence-corrected chi connectivity index (χ2v) is 10.8. The summed E-state index contributed by atoms with van der Waals surface area (Å²) in [5, 5.41) is 10.5. The maximum atomic E-state index is 14.1. The van der Waals surface area contributed by atoms with Crippen molar-refractivity contribution in [3.8, 4) is 5.75 Å². The highest BCUT2D eigenvalue weighted by Crippen LogP contribution is 2.53. The number of nitrogens with zero attached hydrogens (tertiary/aromatic N) is 1. The van der Waals surface area contributed by atoms with E-state index in [0.29, 0.717) is 38.9 Å². The van der Waals surface area contributed by atoms with Gasteiger partial charge in [0.1, 0.15) is 17.6 Å². The summed E-state index contributed by atoms with van der Waals surface area (Å²) in [5.41, 5.74) is 1.07. The summed E-state index contributed by atoms with van der Waals surface area (Å²) < 4.78 is 19.6. The van der Waals surface area contributed by atoms with Crippen LogP contribution in [0.15, 0.2) is 60.7 Å². The second kappa shape index (κ2) is 9.67. The number of hydrogen-bond donors (Lipinski definition) is 1. The maximum absolute atomic E-state index is 14.1. The minimum atomic E-state index is -1.30. The minimum absolute atomic E-state index is 0.286. The summed E-state index contributed by atoms with van der Waals surface area (Å²) >= 11 is 7.24. The summed E-state index contributed by atoms with van der Waals surface area (Å²) in [6, 6.07) is 13.5. The molecule has 0 radical (unpaired) electrons. The number of Topliss-reactive ketones (excluding diaryl/α,β-unsaturated/α-hetero) is 1. The molecular formula is C27H23ClFNO5S. The van der Waals surface area contributed by atoms with Crippen LogP contribution in [0.25, 0.3) is 0 Å². The van der Waals surface area contributed by atoms with Gasteiger partial charge in [0.25, 0.3) is 0 Å². The van der Waals surface area contributed by atoms with Gasteiger partial charge < -0.3 is 14.7 Å². The number of ketones is 1. The summed E-state index contributed by atoms with van der Waals surface area (Å²) in [5.74, 6) is -3.88. The number of methoxy groups -OCH3 is 1. The minimum Gasteiger partial charge on any atom is -0.497 e. The number of carboxylic acids is 1. The van der Waals surface area contributed by atoms with E-state index in [0.717, 1.165) is 11.3 Å². The first-order chi connectivity index (χ1) is 17.3. The third-order valence-electron chi connectivity index (χ3n) is 6.91. The average Bonchev–Trinajstić information content (AvgIpc) is 3.53. The topological polar surface area (TPSA) is 83.9 Å². The Morgan fingerprint density at radius 2 is 1.78 bits per heavy atom. The smallest absolute Gasteiger partial charge is 0.327 e. The molecular weight excluding hydrogens is 505 g/mol. The zero-order valence-electron chi connectivity index (χ0n) is 19.3. The second-order valence-electron chi connectivity index (χ2n) is 9.10. The molecule has 1 saturated carbocycles. The zero-order valence-corrected chi connectivity index (χ0v) is 20.8. The molecule has 6 nitrogen and oxygen atoms in total. The number of carboxylic acid groups (broad SMARTS) is 1. The van der Waals surface area contributed by atoms with Crippen LogP contribution in [-0.2, 0) is 9.59 Å². The molecule has 1 saturated heterocycles. The molecule has 0 bridgehead atoms. The van der Waals surface area contributed by atoms with Crippen LogP contribution in [0.5, 0.6) is 5.75 Å². The number of carbonyl (C=O) groups excluding carboxylic acids is 2. The van der Waals surface area contributed by atoms with Crippen LogP contribution in [0.2, 0.25) is 4.34 Å². The predicted molar refractivity (Wildman–Crippen MR) is 133 cm³/mol. The number of hydrogen-bond acceptors (Lipinski definition) is 5. The standard InChI is InChI=1S/C27H23ClFNO5S/c1-35-18-4-2-3-16(13-18)21-22(25(31)19-11-12-20(28)36-19)23(14-7-9-17(29)10-8-14)30(24(21)27(33)34)26(32)15-5-6-15/h2-4,7-13,15,21-24H,5-6H2,1H3,(H,33,34). The molecule has 5 rings (SSSR count). The summed E-state index contributed by atoms with van der Waals surface area (Å²) in [6.07, 6.45) is 1.33. The number of benzene rings is 2. The van der Waals surface area contributed by atoms with Gasteiger partial charge in [-0.25, -0.2) is 9.18 Å². The number of halogens is 2. The third-order valence-corrected chi connectivity index (χ3v) is 8.16. The molecule has 2 aromatic carbocycles. The van der Waals surface area contributed by atoms with Crippen LogP contribution in [0, 0.1) is 17.7 Å². The average molecular weight is 528 g/mol. The molecule has 9 heteroatoms. The monoisotopic (exact) mass is 527 g/mol. The van der Waals surface area contributed by atoms with Gasteiger partial charge in [0, 0.05) is 11.8 Å². The predicted octanol–water partition coefficient (Wildman–Crippen LogP) is 5.58. The van der Waals surface area contributed by atoms with E-state index in [-0.39, 0.29) is 17.6 Å². The van der Waals surface area contributed by atoms with E-state index in [1.165, 1.54) is 36.3 Å². The van der Waals surface area contributed by atoms with Crippen LogP contribution < -0.4 is 4.74 Å². The van der Waals surface area contributed by atoms with E-state index in [1.54, 1.807) is 36.4 Å². The first kappa shape index (κ1) is 24.5. The third kappa shape index (κ3) is 4.40. The fraction of sp³-hybridized carbons (Fsp3) is 0.296. The molecule has 2 fully saturated rings. The SMILES string of the molecule is COc1cccc(C2C(C(=O)c3ccc(Cl)s3)C(c3ccc(F)cc3)N(C(=O)C3CC3)C2C(=O)O)c1. The van der Waals surface area contributed by atoms with Crippen LogP contribution in [0.4, 0.5) is 4.39 Å². The molecule has 4 atom stereocenters. The first-order valence-corrected chi connectivity index (χ1v) is 12.7. The summed E-state index contributed by atoms with van der Waals surface area (Å²) in [7, 11) is 1.50. The molecule has 3 aromatic rings. The van der Waals surface area contributed by atoms with Gasteiger partial charge in [0.15, 0.2) is 5.78 Å².